The smallest absolute Gasteiger partial charge is 0.0719 e. The Balaban J connectivity index is 1.11. The largest absolute Gasteiger partial charge is 0.310 e. The highest BCUT2D eigenvalue weighted by atomic mass is 15.1. The first-order chi connectivity index (χ1) is 27.8. The topological polar surface area (TPSA) is 3.24 Å². The Morgan fingerprint density at radius 2 is 0.875 bits per heavy atom. The summed E-state index contributed by atoms with van der Waals surface area (Å²) in [4.78, 5) is 2.41. The van der Waals surface area contributed by atoms with Gasteiger partial charge in [-0.05, 0) is 102 Å². The molecule has 10 aromatic carbocycles. The van der Waals surface area contributed by atoms with Gasteiger partial charge in [0.25, 0.3) is 0 Å². The van der Waals surface area contributed by atoms with Crippen molar-refractivity contribution in [1.82, 2.24) is 0 Å². The summed E-state index contributed by atoms with van der Waals surface area (Å²) in [6.45, 7) is 0. The summed E-state index contributed by atoms with van der Waals surface area (Å²) in [6.07, 6.45) is 0. The number of hydrogen-bond acceptors (Lipinski definition) is 1. The first-order valence-electron chi connectivity index (χ1n) is 19.4. The summed E-state index contributed by atoms with van der Waals surface area (Å²) in [5.74, 6) is 0. The van der Waals surface area contributed by atoms with Crippen LogP contribution in [0.1, 0.15) is 22.3 Å². The highest BCUT2D eigenvalue weighted by molar-refractivity contribution is 6.09. The second kappa shape index (κ2) is 13.0. The third-order valence-corrected chi connectivity index (χ3v) is 11.9. The van der Waals surface area contributed by atoms with Crippen molar-refractivity contribution >= 4 is 49.4 Å². The fourth-order valence-electron chi connectivity index (χ4n) is 9.48. The molecule has 11 rings (SSSR count). The van der Waals surface area contributed by atoms with Crippen LogP contribution in [-0.2, 0) is 5.41 Å². The van der Waals surface area contributed by atoms with Crippen LogP contribution >= 0.6 is 0 Å². The predicted molar refractivity (Wildman–Crippen MR) is 236 cm³/mol. The number of hydrogen-bond donors (Lipinski definition) is 0. The molecule has 0 heterocycles. The van der Waals surface area contributed by atoms with E-state index in [2.05, 4.69) is 229 Å². The third-order valence-electron chi connectivity index (χ3n) is 11.9. The van der Waals surface area contributed by atoms with Crippen LogP contribution in [-0.4, -0.2) is 0 Å². The van der Waals surface area contributed by atoms with Crippen molar-refractivity contribution in [3.05, 3.63) is 247 Å². The van der Waals surface area contributed by atoms with Gasteiger partial charge in [0.15, 0.2) is 0 Å². The summed E-state index contributed by atoms with van der Waals surface area (Å²) in [6, 6.07) is 82.6. The fourth-order valence-corrected chi connectivity index (χ4v) is 9.48. The lowest BCUT2D eigenvalue weighted by molar-refractivity contribution is 0.775. The lowest BCUT2D eigenvalue weighted by atomic mass is 9.66. The molecule has 1 atom stereocenters. The molecule has 1 nitrogen and oxygen atoms in total. The predicted octanol–water partition coefficient (Wildman–Crippen LogP) is 14.6. The number of rotatable bonds is 6. The summed E-state index contributed by atoms with van der Waals surface area (Å²) < 4.78 is 0. The Labute approximate surface area is 327 Å². The zero-order valence-corrected chi connectivity index (χ0v) is 30.8. The molecule has 0 aliphatic heterocycles. The maximum Gasteiger partial charge on any atom is 0.0719 e. The van der Waals surface area contributed by atoms with Gasteiger partial charge < -0.3 is 4.90 Å². The molecule has 1 aliphatic carbocycles. The molecule has 0 fully saturated rings. The molecular formula is C55H37N. The van der Waals surface area contributed by atoms with E-state index >= 15 is 0 Å². The minimum Gasteiger partial charge on any atom is -0.310 e. The van der Waals surface area contributed by atoms with Gasteiger partial charge in [-0.2, -0.15) is 0 Å². The van der Waals surface area contributed by atoms with E-state index in [9.17, 15) is 0 Å². The maximum atomic E-state index is 2.41. The lowest BCUT2D eigenvalue weighted by Crippen LogP contribution is -2.28. The molecule has 0 amide bonds. The van der Waals surface area contributed by atoms with Crippen LogP contribution < -0.4 is 4.90 Å². The van der Waals surface area contributed by atoms with Gasteiger partial charge in [0.1, 0.15) is 0 Å². The first-order valence-corrected chi connectivity index (χ1v) is 19.4. The van der Waals surface area contributed by atoms with E-state index in [0.717, 1.165) is 17.1 Å². The lowest BCUT2D eigenvalue weighted by Gasteiger charge is -2.35. The molecule has 0 radical (unpaired) electrons. The van der Waals surface area contributed by atoms with Crippen molar-refractivity contribution in [3.8, 4) is 22.3 Å². The van der Waals surface area contributed by atoms with Crippen molar-refractivity contribution in [2.24, 2.45) is 0 Å². The Bertz CT molecular complexity index is 3070. The second-order valence-electron chi connectivity index (χ2n) is 14.8. The van der Waals surface area contributed by atoms with Crippen molar-refractivity contribution < 1.29 is 0 Å². The minimum atomic E-state index is -0.490. The van der Waals surface area contributed by atoms with Crippen LogP contribution in [0.2, 0.25) is 0 Å². The number of fused-ring (bicyclic) bond motifs is 8. The van der Waals surface area contributed by atoms with Crippen molar-refractivity contribution in [2.45, 2.75) is 5.41 Å². The first kappa shape index (κ1) is 32.2. The zero-order valence-electron chi connectivity index (χ0n) is 30.8. The van der Waals surface area contributed by atoms with Gasteiger partial charge in [0, 0.05) is 16.9 Å². The van der Waals surface area contributed by atoms with E-state index in [1.807, 2.05) is 0 Å². The molecule has 56 heavy (non-hydrogen) atoms. The van der Waals surface area contributed by atoms with Gasteiger partial charge in [-0.25, -0.2) is 0 Å². The van der Waals surface area contributed by atoms with E-state index in [1.54, 1.807) is 0 Å². The maximum absolute atomic E-state index is 2.41. The summed E-state index contributed by atoms with van der Waals surface area (Å²) in [5, 5.41) is 7.55. The molecule has 0 aromatic heterocycles. The fraction of sp³-hybridized carbons (Fsp3) is 0.0182. The highest BCUT2D eigenvalue weighted by Gasteiger charge is 2.47. The third kappa shape index (κ3) is 4.88. The van der Waals surface area contributed by atoms with Gasteiger partial charge in [-0.1, -0.05) is 194 Å². The van der Waals surface area contributed by atoms with Crippen molar-refractivity contribution in [3.63, 3.8) is 0 Å². The van der Waals surface area contributed by atoms with E-state index in [0.29, 0.717) is 0 Å². The van der Waals surface area contributed by atoms with Crippen LogP contribution in [0.25, 0.3) is 54.6 Å². The standard InChI is InChI=1S/C55H37N/c1-3-17-42(18-4-1)55(52-25-13-11-24-49(52)50-36-32-39-16-8-10-23-48(39)54(50)55)43-33-29-40(30-34-43)47-22-12-14-26-53(47)56(44-19-5-2-6-20-44)45-35-31-41-28-27-38-15-7-9-21-46(38)51(41)37-45/h1-37H. The normalized spacial score (nSPS) is 14.5. The van der Waals surface area contributed by atoms with E-state index in [4.69, 9.17) is 0 Å². The van der Waals surface area contributed by atoms with Crippen LogP contribution in [0.4, 0.5) is 17.1 Å². The van der Waals surface area contributed by atoms with E-state index in [1.165, 1.54) is 76.8 Å². The Morgan fingerprint density at radius 1 is 0.321 bits per heavy atom. The van der Waals surface area contributed by atoms with Gasteiger partial charge in [0.2, 0.25) is 0 Å². The second-order valence-corrected chi connectivity index (χ2v) is 14.8. The van der Waals surface area contributed by atoms with Crippen LogP contribution in [0, 0.1) is 0 Å². The van der Waals surface area contributed by atoms with Crippen LogP contribution in [0.5, 0.6) is 0 Å². The van der Waals surface area contributed by atoms with Crippen LogP contribution in [0.15, 0.2) is 224 Å². The monoisotopic (exact) mass is 711 g/mol. The Hall–Kier alpha value is -7.22. The number of benzene rings is 10. The van der Waals surface area contributed by atoms with Crippen molar-refractivity contribution in [1.29, 1.82) is 0 Å². The highest BCUT2D eigenvalue weighted by Crippen LogP contribution is 2.58. The van der Waals surface area contributed by atoms with Gasteiger partial charge in [0.05, 0.1) is 11.1 Å². The molecule has 262 valence electrons. The van der Waals surface area contributed by atoms with Crippen LogP contribution in [0.3, 0.4) is 0 Å². The molecule has 10 aromatic rings. The average molecular weight is 712 g/mol. The molecule has 0 bridgehead atoms. The molecule has 1 heteroatoms. The Morgan fingerprint density at radius 3 is 1.66 bits per heavy atom. The summed E-state index contributed by atoms with van der Waals surface area (Å²) in [7, 11) is 0. The molecule has 0 saturated heterocycles. The van der Waals surface area contributed by atoms with E-state index < -0.39 is 5.41 Å². The quantitative estimate of drug-likeness (QED) is 0.155. The Kier molecular flexibility index (Phi) is 7.47. The molecular weight excluding hydrogens is 675 g/mol. The molecule has 0 saturated carbocycles. The minimum absolute atomic E-state index is 0.490. The summed E-state index contributed by atoms with van der Waals surface area (Å²) in [5.41, 5.74) is 13.0. The van der Waals surface area contributed by atoms with E-state index in [-0.39, 0.29) is 0 Å². The van der Waals surface area contributed by atoms with Gasteiger partial charge in [-0.15, -0.1) is 0 Å². The number of nitrogens with zero attached hydrogens (tertiary/aromatic N) is 1. The molecule has 0 N–H and O–H groups in total. The van der Waals surface area contributed by atoms with Crippen molar-refractivity contribution in [2.75, 3.05) is 4.90 Å². The molecule has 0 spiro atoms. The number of para-hydroxylation sites is 2. The van der Waals surface area contributed by atoms with Gasteiger partial charge >= 0.3 is 0 Å². The van der Waals surface area contributed by atoms with Gasteiger partial charge in [-0.3, -0.25) is 0 Å². The number of anilines is 3. The zero-order chi connectivity index (χ0) is 37.1. The average Bonchev–Trinajstić information content (AvgIpc) is 3.59. The summed E-state index contributed by atoms with van der Waals surface area (Å²) >= 11 is 0. The molecule has 1 unspecified atom stereocenters. The molecule has 1 aliphatic rings. The SMILES string of the molecule is c1ccc(N(c2ccc3ccc4ccccc4c3c2)c2ccccc2-c2ccc(C3(c4ccccc4)c4ccccc4-c4ccc5ccccc5c43)cc2)cc1.